The minimum atomic E-state index is -0.528. The fourth-order valence-corrected chi connectivity index (χ4v) is 2.73. The van der Waals surface area contributed by atoms with Crippen LogP contribution in [-0.4, -0.2) is 65.9 Å². The Balaban J connectivity index is 2.84. The summed E-state index contributed by atoms with van der Waals surface area (Å²) in [5.74, 6) is -0.680. The molecule has 1 rings (SSSR count). The molecule has 0 bridgehead atoms. The third-order valence-corrected chi connectivity index (χ3v) is 4.28. The minimum Gasteiger partial charge on any atom is -0.466 e. The molecule has 0 saturated heterocycles. The van der Waals surface area contributed by atoms with Gasteiger partial charge in [0, 0.05) is 30.8 Å². The zero-order chi connectivity index (χ0) is 20.2. The monoisotopic (exact) mass is 379 g/mol. The molecule has 1 amide bonds. The van der Waals surface area contributed by atoms with Crippen LogP contribution in [0.4, 0.5) is 5.69 Å². The van der Waals surface area contributed by atoms with Gasteiger partial charge < -0.3 is 14.5 Å². The van der Waals surface area contributed by atoms with E-state index in [0.717, 1.165) is 26.1 Å². The summed E-state index contributed by atoms with van der Waals surface area (Å²) in [5.41, 5.74) is 0.116. The largest absolute Gasteiger partial charge is 0.466 e. The number of non-ortho nitro benzene ring substituents is 1. The quantitative estimate of drug-likeness (QED) is 0.315. The standard InChI is InChI=1S/C19H29N3O5/c1-4-20(5-2)12-8-13-21(14-11-18(23)27-6-3)19(24)16-9-7-10-17(15-16)22(25)26/h7,9-10,15H,4-6,8,11-14H2,1-3H3. The fraction of sp³-hybridized carbons (Fsp3) is 0.579. The Bertz CT molecular complexity index is 632. The molecule has 8 heteroatoms. The summed E-state index contributed by atoms with van der Waals surface area (Å²) in [6, 6.07) is 5.66. The summed E-state index contributed by atoms with van der Waals surface area (Å²) in [5, 5.41) is 11.0. The van der Waals surface area contributed by atoms with Gasteiger partial charge in [0.2, 0.25) is 0 Å². The number of carbonyl (C=O) groups is 2. The molecular formula is C19H29N3O5. The molecule has 0 unspecified atom stereocenters. The number of rotatable bonds is 12. The van der Waals surface area contributed by atoms with E-state index in [0.29, 0.717) is 13.2 Å². The Hall–Kier alpha value is -2.48. The number of nitro benzene ring substituents is 1. The van der Waals surface area contributed by atoms with E-state index in [2.05, 4.69) is 18.7 Å². The molecule has 0 fully saturated rings. The molecule has 0 aliphatic rings. The normalized spacial score (nSPS) is 10.7. The topological polar surface area (TPSA) is 93.0 Å². The van der Waals surface area contributed by atoms with Crippen molar-refractivity contribution < 1.29 is 19.2 Å². The summed E-state index contributed by atoms with van der Waals surface area (Å²) in [7, 11) is 0. The van der Waals surface area contributed by atoms with Crippen molar-refractivity contribution in [3.63, 3.8) is 0 Å². The Labute approximate surface area is 160 Å². The third kappa shape index (κ3) is 7.74. The van der Waals surface area contributed by atoms with Gasteiger partial charge in [-0.15, -0.1) is 0 Å². The first-order chi connectivity index (χ1) is 12.9. The SMILES string of the molecule is CCOC(=O)CCN(CCCN(CC)CC)C(=O)c1cccc([N+](=O)[O-])c1. The van der Waals surface area contributed by atoms with E-state index in [4.69, 9.17) is 4.74 Å². The van der Waals surface area contributed by atoms with Crippen molar-refractivity contribution >= 4 is 17.6 Å². The maximum atomic E-state index is 12.8. The second-order valence-corrected chi connectivity index (χ2v) is 6.04. The molecular weight excluding hydrogens is 350 g/mol. The molecule has 0 N–H and O–H groups in total. The highest BCUT2D eigenvalue weighted by molar-refractivity contribution is 5.95. The Morgan fingerprint density at radius 2 is 1.81 bits per heavy atom. The number of nitro groups is 1. The maximum absolute atomic E-state index is 12.8. The molecule has 8 nitrogen and oxygen atoms in total. The molecule has 0 aromatic heterocycles. The average Bonchev–Trinajstić information content (AvgIpc) is 2.67. The van der Waals surface area contributed by atoms with E-state index in [1.807, 2.05) is 0 Å². The highest BCUT2D eigenvalue weighted by Gasteiger charge is 2.19. The van der Waals surface area contributed by atoms with Crippen molar-refractivity contribution in [3.05, 3.63) is 39.9 Å². The summed E-state index contributed by atoms with van der Waals surface area (Å²) in [6.45, 7) is 9.57. The van der Waals surface area contributed by atoms with Crippen molar-refractivity contribution in [1.82, 2.24) is 9.80 Å². The van der Waals surface area contributed by atoms with Crippen LogP contribution in [0.2, 0.25) is 0 Å². The van der Waals surface area contributed by atoms with E-state index in [1.165, 1.54) is 18.2 Å². The van der Waals surface area contributed by atoms with Gasteiger partial charge in [-0.2, -0.15) is 0 Å². The Morgan fingerprint density at radius 3 is 2.41 bits per heavy atom. The van der Waals surface area contributed by atoms with Gasteiger partial charge in [0.25, 0.3) is 11.6 Å². The van der Waals surface area contributed by atoms with Crippen LogP contribution in [0.25, 0.3) is 0 Å². The van der Waals surface area contributed by atoms with Crippen LogP contribution in [0.15, 0.2) is 24.3 Å². The molecule has 0 saturated carbocycles. The van der Waals surface area contributed by atoms with Crippen molar-refractivity contribution in [3.8, 4) is 0 Å². The van der Waals surface area contributed by atoms with Gasteiger partial charge in [0.1, 0.15) is 0 Å². The van der Waals surface area contributed by atoms with Gasteiger partial charge in [-0.1, -0.05) is 19.9 Å². The first-order valence-electron chi connectivity index (χ1n) is 9.34. The van der Waals surface area contributed by atoms with Gasteiger partial charge in [0.15, 0.2) is 0 Å². The number of ether oxygens (including phenoxy) is 1. The summed E-state index contributed by atoms with van der Waals surface area (Å²) >= 11 is 0. The number of carbonyl (C=O) groups excluding carboxylic acids is 2. The van der Waals surface area contributed by atoms with Crippen molar-refractivity contribution in [2.45, 2.75) is 33.6 Å². The summed E-state index contributed by atoms with van der Waals surface area (Å²) < 4.78 is 4.93. The lowest BCUT2D eigenvalue weighted by atomic mass is 10.1. The van der Waals surface area contributed by atoms with Crippen LogP contribution >= 0.6 is 0 Å². The average molecular weight is 379 g/mol. The van der Waals surface area contributed by atoms with Crippen LogP contribution in [0.1, 0.15) is 44.0 Å². The van der Waals surface area contributed by atoms with Crippen LogP contribution < -0.4 is 0 Å². The van der Waals surface area contributed by atoms with Gasteiger partial charge in [-0.25, -0.2) is 0 Å². The molecule has 0 aliphatic heterocycles. The zero-order valence-electron chi connectivity index (χ0n) is 16.3. The van der Waals surface area contributed by atoms with E-state index in [-0.39, 0.29) is 36.1 Å². The van der Waals surface area contributed by atoms with E-state index in [9.17, 15) is 19.7 Å². The summed E-state index contributed by atoms with van der Waals surface area (Å²) in [4.78, 5) is 38.8. The highest BCUT2D eigenvalue weighted by Crippen LogP contribution is 2.15. The second-order valence-electron chi connectivity index (χ2n) is 6.04. The summed E-state index contributed by atoms with van der Waals surface area (Å²) in [6.07, 6.45) is 0.852. The lowest BCUT2D eigenvalue weighted by Crippen LogP contribution is -2.36. The molecule has 1 aromatic carbocycles. The predicted octanol–water partition coefficient (Wildman–Crippen LogP) is 2.72. The van der Waals surface area contributed by atoms with Crippen molar-refractivity contribution in [1.29, 1.82) is 0 Å². The fourth-order valence-electron chi connectivity index (χ4n) is 2.73. The van der Waals surface area contributed by atoms with Gasteiger partial charge >= 0.3 is 5.97 Å². The number of amides is 1. The molecule has 0 heterocycles. The third-order valence-electron chi connectivity index (χ3n) is 4.28. The van der Waals surface area contributed by atoms with E-state index < -0.39 is 4.92 Å². The molecule has 0 spiro atoms. The van der Waals surface area contributed by atoms with Gasteiger partial charge in [0.05, 0.1) is 18.0 Å². The molecule has 0 radical (unpaired) electrons. The number of esters is 1. The van der Waals surface area contributed by atoms with Crippen molar-refractivity contribution in [2.24, 2.45) is 0 Å². The predicted molar refractivity (Wildman–Crippen MR) is 103 cm³/mol. The molecule has 0 atom stereocenters. The Kier molecular flexibility index (Phi) is 10.0. The molecule has 0 aliphatic carbocycles. The van der Waals surface area contributed by atoms with E-state index >= 15 is 0 Å². The van der Waals surface area contributed by atoms with Crippen LogP contribution in [0, 0.1) is 10.1 Å². The maximum Gasteiger partial charge on any atom is 0.307 e. The van der Waals surface area contributed by atoms with Crippen LogP contribution in [0.3, 0.4) is 0 Å². The first-order valence-corrected chi connectivity index (χ1v) is 9.34. The number of nitrogens with zero attached hydrogens (tertiary/aromatic N) is 3. The zero-order valence-corrected chi connectivity index (χ0v) is 16.3. The van der Waals surface area contributed by atoms with Crippen LogP contribution in [0.5, 0.6) is 0 Å². The van der Waals surface area contributed by atoms with Gasteiger partial charge in [-0.3, -0.25) is 19.7 Å². The molecule has 150 valence electrons. The first kappa shape index (κ1) is 22.6. The minimum absolute atomic E-state index is 0.0970. The number of benzene rings is 1. The number of hydrogen-bond acceptors (Lipinski definition) is 6. The lowest BCUT2D eigenvalue weighted by Gasteiger charge is -2.24. The van der Waals surface area contributed by atoms with Crippen molar-refractivity contribution in [2.75, 3.05) is 39.3 Å². The highest BCUT2D eigenvalue weighted by atomic mass is 16.6. The number of hydrogen-bond donors (Lipinski definition) is 0. The van der Waals surface area contributed by atoms with E-state index in [1.54, 1.807) is 17.9 Å². The second kappa shape index (κ2) is 12.0. The Morgan fingerprint density at radius 1 is 1.11 bits per heavy atom. The lowest BCUT2D eigenvalue weighted by molar-refractivity contribution is -0.384. The molecule has 27 heavy (non-hydrogen) atoms. The molecule has 1 aromatic rings. The smallest absolute Gasteiger partial charge is 0.307 e. The van der Waals surface area contributed by atoms with Crippen LogP contribution in [-0.2, 0) is 9.53 Å². The van der Waals surface area contributed by atoms with Gasteiger partial charge in [-0.05, 0) is 39.0 Å².